The second-order valence-corrected chi connectivity index (χ2v) is 5.03. The molecule has 0 radical (unpaired) electrons. The van der Waals surface area contributed by atoms with Gasteiger partial charge in [0.15, 0.2) is 0 Å². The van der Waals surface area contributed by atoms with Crippen molar-refractivity contribution in [3.05, 3.63) is 40.9 Å². The number of H-pyrrole nitrogens is 1. The molecule has 1 unspecified atom stereocenters. The van der Waals surface area contributed by atoms with E-state index < -0.39 is 5.60 Å². The maximum absolute atomic E-state index is 11.8. The number of hydrogen-bond acceptors (Lipinski definition) is 3. The average molecular weight is 283 g/mol. The minimum absolute atomic E-state index is 0.0775. The first kappa shape index (κ1) is 13.6. The predicted octanol–water partition coefficient (Wildman–Crippen LogP) is 1.04. The van der Waals surface area contributed by atoms with Gasteiger partial charge >= 0.3 is 0 Å². The van der Waals surface area contributed by atoms with Crippen molar-refractivity contribution >= 4 is 17.5 Å². The third-order valence-electron chi connectivity index (χ3n) is 2.81. The molecule has 1 atom stereocenters. The van der Waals surface area contributed by atoms with Crippen LogP contribution in [0.5, 0.6) is 0 Å². The summed E-state index contributed by atoms with van der Waals surface area (Å²) in [5.74, 6) is -0.323. The van der Waals surface area contributed by atoms with E-state index in [9.17, 15) is 9.90 Å². The Hall–Kier alpha value is -1.79. The van der Waals surface area contributed by atoms with Gasteiger partial charge in [-0.2, -0.15) is 5.10 Å². The number of nitrogens with zero attached hydrogens (tertiary/aromatic N) is 2. The molecule has 0 bridgehead atoms. The highest BCUT2D eigenvalue weighted by Gasteiger charge is 2.25. The number of aliphatic hydroxyl groups is 1. The Labute approximate surface area is 115 Å². The first-order valence-electron chi connectivity index (χ1n) is 5.72. The molecule has 6 nitrogen and oxygen atoms in total. The van der Waals surface area contributed by atoms with Gasteiger partial charge in [-0.05, 0) is 13.0 Å². The average Bonchev–Trinajstić information content (AvgIpc) is 2.95. The highest BCUT2D eigenvalue weighted by Crippen LogP contribution is 2.18. The van der Waals surface area contributed by atoms with Crippen LogP contribution < -0.4 is 5.32 Å². The van der Waals surface area contributed by atoms with Crippen molar-refractivity contribution in [2.45, 2.75) is 12.5 Å². The van der Waals surface area contributed by atoms with E-state index in [1.54, 1.807) is 31.0 Å². The highest BCUT2D eigenvalue weighted by molar-refractivity contribution is 6.30. The van der Waals surface area contributed by atoms with Gasteiger partial charge in [-0.15, -0.1) is 0 Å². The second-order valence-electron chi connectivity index (χ2n) is 4.59. The smallest absolute Gasteiger partial charge is 0.267 e. The van der Waals surface area contributed by atoms with Crippen LogP contribution in [-0.4, -0.2) is 32.3 Å². The van der Waals surface area contributed by atoms with Crippen molar-refractivity contribution in [2.75, 3.05) is 6.54 Å². The minimum Gasteiger partial charge on any atom is -0.383 e. The topological polar surface area (TPSA) is 82.9 Å². The maximum atomic E-state index is 11.8. The first-order valence-corrected chi connectivity index (χ1v) is 6.10. The van der Waals surface area contributed by atoms with E-state index in [4.69, 9.17) is 11.6 Å². The fraction of sp³-hybridized carbons (Fsp3) is 0.333. The number of carbonyl (C=O) groups is 1. The number of aryl methyl sites for hydroxylation is 1. The standard InChI is InChI=1S/C12H15ClN4O2/c1-12(19,8-4-16-17(2)6-8)7-15-11(18)10-3-9(13)5-14-10/h3-6,14,19H,7H2,1-2H3,(H,15,18). The Morgan fingerprint density at radius 3 is 2.95 bits per heavy atom. The number of aromatic nitrogens is 3. The molecule has 0 aliphatic rings. The fourth-order valence-corrected chi connectivity index (χ4v) is 1.81. The van der Waals surface area contributed by atoms with Crippen molar-refractivity contribution in [3.63, 3.8) is 0 Å². The largest absolute Gasteiger partial charge is 0.383 e. The molecule has 7 heteroatoms. The zero-order chi connectivity index (χ0) is 14.0. The SMILES string of the molecule is Cn1cc(C(C)(O)CNC(=O)c2cc(Cl)c[nH]2)cn1. The van der Waals surface area contributed by atoms with E-state index in [-0.39, 0.29) is 12.5 Å². The lowest BCUT2D eigenvalue weighted by Gasteiger charge is -2.22. The normalized spacial score (nSPS) is 14.1. The third-order valence-corrected chi connectivity index (χ3v) is 3.03. The molecular weight excluding hydrogens is 268 g/mol. The zero-order valence-corrected chi connectivity index (χ0v) is 11.4. The molecule has 0 aromatic carbocycles. The summed E-state index contributed by atoms with van der Waals surface area (Å²) < 4.78 is 1.59. The van der Waals surface area contributed by atoms with Gasteiger partial charge in [-0.25, -0.2) is 0 Å². The number of rotatable bonds is 4. The van der Waals surface area contributed by atoms with E-state index in [2.05, 4.69) is 15.4 Å². The van der Waals surface area contributed by atoms with E-state index in [0.29, 0.717) is 16.3 Å². The molecule has 0 saturated carbocycles. The van der Waals surface area contributed by atoms with Gasteiger partial charge in [-0.3, -0.25) is 9.48 Å². The predicted molar refractivity (Wildman–Crippen MR) is 70.9 cm³/mol. The van der Waals surface area contributed by atoms with E-state index in [1.165, 1.54) is 12.3 Å². The Morgan fingerprint density at radius 2 is 2.42 bits per heavy atom. The summed E-state index contributed by atoms with van der Waals surface area (Å²) in [5.41, 5.74) is -0.188. The van der Waals surface area contributed by atoms with Crippen LogP contribution in [0, 0.1) is 0 Å². The summed E-state index contributed by atoms with van der Waals surface area (Å²) in [6.45, 7) is 1.69. The first-order chi connectivity index (χ1) is 8.88. The number of aromatic amines is 1. The summed E-state index contributed by atoms with van der Waals surface area (Å²) in [5, 5.41) is 17.4. The summed E-state index contributed by atoms with van der Waals surface area (Å²) >= 11 is 5.72. The fourth-order valence-electron chi connectivity index (χ4n) is 1.65. The van der Waals surface area contributed by atoms with Gasteiger partial charge in [-0.1, -0.05) is 11.6 Å². The number of nitrogens with one attached hydrogen (secondary N) is 2. The Bertz CT molecular complexity index is 588. The Balaban J connectivity index is 2.00. The van der Waals surface area contributed by atoms with Crippen LogP contribution in [0.15, 0.2) is 24.7 Å². The minimum atomic E-state index is -1.18. The van der Waals surface area contributed by atoms with Crippen LogP contribution in [0.25, 0.3) is 0 Å². The third kappa shape index (κ3) is 3.15. The number of amides is 1. The van der Waals surface area contributed by atoms with Crippen molar-refractivity contribution in [1.29, 1.82) is 0 Å². The summed E-state index contributed by atoms with van der Waals surface area (Å²) in [4.78, 5) is 14.6. The summed E-state index contributed by atoms with van der Waals surface area (Å²) in [7, 11) is 1.76. The molecule has 0 saturated heterocycles. The molecule has 2 rings (SSSR count). The molecule has 1 amide bonds. The van der Waals surface area contributed by atoms with E-state index in [0.717, 1.165) is 0 Å². The lowest BCUT2D eigenvalue weighted by molar-refractivity contribution is 0.0524. The molecular formula is C12H15ClN4O2. The molecule has 0 fully saturated rings. The van der Waals surface area contributed by atoms with Crippen LogP contribution in [0.2, 0.25) is 5.02 Å². The van der Waals surface area contributed by atoms with Gasteiger partial charge < -0.3 is 15.4 Å². The van der Waals surface area contributed by atoms with Crippen molar-refractivity contribution in [1.82, 2.24) is 20.1 Å². The Morgan fingerprint density at radius 1 is 1.68 bits per heavy atom. The van der Waals surface area contributed by atoms with Crippen molar-refractivity contribution in [3.8, 4) is 0 Å². The number of hydrogen-bond donors (Lipinski definition) is 3. The highest BCUT2D eigenvalue weighted by atomic mass is 35.5. The van der Waals surface area contributed by atoms with Crippen LogP contribution >= 0.6 is 11.6 Å². The quantitative estimate of drug-likeness (QED) is 0.783. The molecule has 0 aliphatic carbocycles. The monoisotopic (exact) mass is 282 g/mol. The molecule has 102 valence electrons. The van der Waals surface area contributed by atoms with Crippen LogP contribution in [-0.2, 0) is 12.6 Å². The van der Waals surface area contributed by atoms with Gasteiger partial charge in [0.05, 0.1) is 17.8 Å². The second kappa shape index (κ2) is 5.07. The molecule has 0 aliphatic heterocycles. The van der Waals surface area contributed by atoms with Gasteiger partial charge in [0.2, 0.25) is 0 Å². The van der Waals surface area contributed by atoms with Gasteiger partial charge in [0, 0.05) is 25.0 Å². The zero-order valence-electron chi connectivity index (χ0n) is 10.6. The van der Waals surface area contributed by atoms with Crippen LogP contribution in [0.4, 0.5) is 0 Å². The molecule has 0 spiro atoms. The van der Waals surface area contributed by atoms with Gasteiger partial charge in [0.25, 0.3) is 5.91 Å². The van der Waals surface area contributed by atoms with E-state index >= 15 is 0 Å². The molecule has 2 heterocycles. The number of carbonyl (C=O) groups excluding carboxylic acids is 1. The van der Waals surface area contributed by atoms with Crippen LogP contribution in [0.1, 0.15) is 23.0 Å². The molecule has 2 aromatic rings. The molecule has 3 N–H and O–H groups in total. The van der Waals surface area contributed by atoms with Crippen molar-refractivity contribution < 1.29 is 9.90 Å². The summed E-state index contributed by atoms with van der Waals surface area (Å²) in [6, 6.07) is 1.52. The number of halogens is 1. The lowest BCUT2D eigenvalue weighted by atomic mass is 10.00. The molecule has 19 heavy (non-hydrogen) atoms. The van der Waals surface area contributed by atoms with Crippen LogP contribution in [0.3, 0.4) is 0 Å². The van der Waals surface area contributed by atoms with E-state index in [1.807, 2.05) is 0 Å². The lowest BCUT2D eigenvalue weighted by Crippen LogP contribution is -2.38. The van der Waals surface area contributed by atoms with Crippen molar-refractivity contribution in [2.24, 2.45) is 7.05 Å². The molecule has 2 aromatic heterocycles. The van der Waals surface area contributed by atoms with Gasteiger partial charge in [0.1, 0.15) is 11.3 Å². The Kier molecular flexibility index (Phi) is 3.64. The maximum Gasteiger partial charge on any atom is 0.267 e. The summed E-state index contributed by atoms with van der Waals surface area (Å²) in [6.07, 6.45) is 4.80.